The molecule has 82 valence electrons. The topological polar surface area (TPSA) is 72.5 Å². The van der Waals surface area contributed by atoms with Crippen molar-refractivity contribution in [2.45, 2.75) is 13.3 Å². The molecule has 15 heavy (non-hydrogen) atoms. The van der Waals surface area contributed by atoms with Crippen LogP contribution < -0.4 is 10.5 Å². The Morgan fingerprint density at radius 3 is 2.87 bits per heavy atom. The summed E-state index contributed by atoms with van der Waals surface area (Å²) >= 11 is 0. The number of aromatic hydroxyl groups is 1. The van der Waals surface area contributed by atoms with Gasteiger partial charge in [0.15, 0.2) is 17.3 Å². The number of hydrogen-bond donors (Lipinski definition) is 2. The molecule has 3 N–H and O–H groups in total. The summed E-state index contributed by atoms with van der Waals surface area (Å²) in [5.41, 5.74) is 5.59. The monoisotopic (exact) mass is 209 g/mol. The maximum atomic E-state index is 11.1. The van der Waals surface area contributed by atoms with Gasteiger partial charge >= 0.3 is 0 Å². The largest absolute Gasteiger partial charge is 0.504 e. The van der Waals surface area contributed by atoms with E-state index in [4.69, 9.17) is 10.5 Å². The van der Waals surface area contributed by atoms with Crippen LogP contribution >= 0.6 is 0 Å². The first-order valence-electron chi connectivity index (χ1n) is 4.82. The highest BCUT2D eigenvalue weighted by Gasteiger charge is 2.10. The molecule has 0 heterocycles. The molecule has 0 fully saturated rings. The van der Waals surface area contributed by atoms with Crippen molar-refractivity contribution in [1.82, 2.24) is 0 Å². The third-order valence-electron chi connectivity index (χ3n) is 1.98. The molecular formula is C11H15NO3. The van der Waals surface area contributed by atoms with Crippen LogP contribution in [-0.2, 0) is 0 Å². The van der Waals surface area contributed by atoms with Crippen molar-refractivity contribution >= 4 is 5.78 Å². The van der Waals surface area contributed by atoms with Crippen LogP contribution in [0.2, 0.25) is 0 Å². The Morgan fingerprint density at radius 2 is 2.27 bits per heavy atom. The molecular weight excluding hydrogens is 194 g/mol. The number of ether oxygens (including phenoxy) is 1. The highest BCUT2D eigenvalue weighted by molar-refractivity contribution is 5.97. The van der Waals surface area contributed by atoms with E-state index >= 15 is 0 Å². The van der Waals surface area contributed by atoms with E-state index < -0.39 is 0 Å². The molecule has 4 nitrogen and oxygen atoms in total. The average Bonchev–Trinajstić information content (AvgIpc) is 2.20. The molecule has 1 rings (SSSR count). The van der Waals surface area contributed by atoms with E-state index in [1.807, 2.05) is 0 Å². The number of phenols is 1. The molecule has 0 aliphatic carbocycles. The zero-order valence-corrected chi connectivity index (χ0v) is 8.69. The van der Waals surface area contributed by atoms with Gasteiger partial charge in [-0.15, -0.1) is 0 Å². The van der Waals surface area contributed by atoms with Crippen LogP contribution in [0.15, 0.2) is 18.2 Å². The van der Waals surface area contributed by atoms with Crippen LogP contribution in [0.3, 0.4) is 0 Å². The van der Waals surface area contributed by atoms with Crippen LogP contribution in [0, 0.1) is 0 Å². The van der Waals surface area contributed by atoms with Crippen LogP contribution in [0.1, 0.15) is 23.7 Å². The number of carbonyl (C=O) groups excluding carboxylic acids is 1. The van der Waals surface area contributed by atoms with E-state index in [2.05, 4.69) is 0 Å². The van der Waals surface area contributed by atoms with Crippen molar-refractivity contribution in [3.63, 3.8) is 0 Å². The molecule has 0 aliphatic rings. The van der Waals surface area contributed by atoms with Crippen LogP contribution in [0.4, 0.5) is 0 Å². The predicted molar refractivity (Wildman–Crippen MR) is 57.3 cm³/mol. The quantitative estimate of drug-likeness (QED) is 0.566. The van der Waals surface area contributed by atoms with Gasteiger partial charge in [-0.3, -0.25) is 4.79 Å². The number of carbonyl (C=O) groups is 1. The lowest BCUT2D eigenvalue weighted by molar-refractivity contribution is 0.101. The summed E-state index contributed by atoms with van der Waals surface area (Å²) in [5.74, 6) is 0.0509. The fraction of sp³-hybridized carbons (Fsp3) is 0.364. The molecule has 4 heteroatoms. The number of ketones is 1. The lowest BCUT2D eigenvalue weighted by Gasteiger charge is -2.09. The molecule has 0 radical (unpaired) electrons. The number of hydrogen-bond acceptors (Lipinski definition) is 4. The minimum atomic E-state index is -0.184. The van der Waals surface area contributed by atoms with Gasteiger partial charge in [0.25, 0.3) is 0 Å². The Hall–Kier alpha value is -1.55. The number of phenolic OH excluding ortho intramolecular Hbond substituents is 1. The van der Waals surface area contributed by atoms with E-state index in [0.717, 1.165) is 0 Å². The Labute approximate surface area is 88.7 Å². The molecule has 1 aromatic carbocycles. The second kappa shape index (κ2) is 5.36. The van der Waals surface area contributed by atoms with Crippen LogP contribution in [0.25, 0.3) is 0 Å². The second-order valence-corrected chi connectivity index (χ2v) is 3.20. The van der Waals surface area contributed by atoms with Gasteiger partial charge < -0.3 is 15.6 Å². The van der Waals surface area contributed by atoms with E-state index in [-0.39, 0.29) is 17.1 Å². The summed E-state index contributed by atoms with van der Waals surface area (Å²) in [6.45, 7) is 2.37. The van der Waals surface area contributed by atoms with Crippen molar-refractivity contribution in [3.8, 4) is 11.5 Å². The third kappa shape index (κ3) is 2.95. The van der Waals surface area contributed by atoms with Gasteiger partial charge in [-0.2, -0.15) is 0 Å². The fourth-order valence-electron chi connectivity index (χ4n) is 1.19. The van der Waals surface area contributed by atoms with Crippen molar-refractivity contribution in [1.29, 1.82) is 0 Å². The molecule has 1 aromatic rings. The first-order valence-corrected chi connectivity index (χ1v) is 4.82. The lowest BCUT2D eigenvalue weighted by atomic mass is 10.1. The predicted octanol–water partition coefficient (Wildman–Crippen LogP) is 1.32. The summed E-state index contributed by atoms with van der Waals surface area (Å²) < 4.78 is 5.29. The van der Waals surface area contributed by atoms with Gasteiger partial charge in [0, 0.05) is 0 Å². The van der Waals surface area contributed by atoms with Crippen LogP contribution in [0.5, 0.6) is 11.5 Å². The van der Waals surface area contributed by atoms with Crippen LogP contribution in [-0.4, -0.2) is 24.0 Å². The Morgan fingerprint density at radius 1 is 1.53 bits per heavy atom. The van der Waals surface area contributed by atoms with Crippen molar-refractivity contribution in [3.05, 3.63) is 23.8 Å². The molecule has 0 saturated heterocycles. The molecule has 0 amide bonds. The summed E-state index contributed by atoms with van der Waals surface area (Å²) in [4.78, 5) is 11.1. The molecule has 0 aromatic heterocycles. The summed E-state index contributed by atoms with van der Waals surface area (Å²) in [7, 11) is 0. The van der Waals surface area contributed by atoms with Gasteiger partial charge in [0.1, 0.15) is 0 Å². The Balaban J connectivity index is 2.80. The SMILES string of the molecule is CC(=O)c1cccc(OCCCN)c1O. The maximum absolute atomic E-state index is 11.1. The minimum absolute atomic E-state index is 0.0954. The second-order valence-electron chi connectivity index (χ2n) is 3.20. The van der Waals surface area contributed by atoms with Gasteiger partial charge in [0.2, 0.25) is 0 Å². The standard InChI is InChI=1S/C11H15NO3/c1-8(13)9-4-2-5-10(11(9)14)15-7-3-6-12/h2,4-5,14H,3,6-7,12H2,1H3. The lowest BCUT2D eigenvalue weighted by Crippen LogP contribution is -2.06. The molecule has 0 aliphatic heterocycles. The molecule has 0 atom stereocenters. The zero-order valence-electron chi connectivity index (χ0n) is 8.69. The third-order valence-corrected chi connectivity index (χ3v) is 1.98. The number of nitrogens with two attached hydrogens (primary N) is 1. The molecule has 0 saturated carbocycles. The van der Waals surface area contributed by atoms with Gasteiger partial charge in [-0.05, 0) is 32.0 Å². The number of benzene rings is 1. The first kappa shape index (κ1) is 11.5. The fourth-order valence-corrected chi connectivity index (χ4v) is 1.19. The smallest absolute Gasteiger partial charge is 0.168 e. The highest BCUT2D eigenvalue weighted by atomic mass is 16.5. The summed E-state index contributed by atoms with van der Waals surface area (Å²) in [5, 5.41) is 9.68. The summed E-state index contributed by atoms with van der Waals surface area (Å²) in [6.07, 6.45) is 0.712. The van der Waals surface area contributed by atoms with E-state index in [9.17, 15) is 9.90 Å². The van der Waals surface area contributed by atoms with Gasteiger partial charge in [-0.25, -0.2) is 0 Å². The number of Topliss-reactive ketones (excluding diaryl/α,β-unsaturated/α-hetero) is 1. The molecule has 0 unspecified atom stereocenters. The Bertz CT molecular complexity index is 350. The van der Waals surface area contributed by atoms with Gasteiger partial charge in [-0.1, -0.05) is 6.07 Å². The van der Waals surface area contributed by atoms with Crippen molar-refractivity contribution in [2.24, 2.45) is 5.73 Å². The average molecular weight is 209 g/mol. The van der Waals surface area contributed by atoms with E-state index in [1.165, 1.54) is 6.92 Å². The Kier molecular flexibility index (Phi) is 4.12. The molecule has 0 spiro atoms. The number of para-hydroxylation sites is 1. The van der Waals surface area contributed by atoms with Gasteiger partial charge in [0.05, 0.1) is 12.2 Å². The van der Waals surface area contributed by atoms with E-state index in [0.29, 0.717) is 25.3 Å². The molecule has 0 bridgehead atoms. The number of rotatable bonds is 5. The highest BCUT2D eigenvalue weighted by Crippen LogP contribution is 2.29. The maximum Gasteiger partial charge on any atom is 0.168 e. The van der Waals surface area contributed by atoms with Crippen molar-refractivity contribution in [2.75, 3.05) is 13.2 Å². The van der Waals surface area contributed by atoms with Crippen molar-refractivity contribution < 1.29 is 14.6 Å². The summed E-state index contributed by atoms with van der Waals surface area (Å²) in [6, 6.07) is 4.86. The minimum Gasteiger partial charge on any atom is -0.504 e. The normalized spacial score (nSPS) is 10.0. The first-order chi connectivity index (χ1) is 7.16. The van der Waals surface area contributed by atoms with E-state index in [1.54, 1.807) is 18.2 Å². The zero-order chi connectivity index (χ0) is 11.3.